The number of pyridine rings is 1. The van der Waals surface area contributed by atoms with Gasteiger partial charge in [0, 0.05) is 25.4 Å². The Hall–Kier alpha value is -3.09. The molecule has 0 radical (unpaired) electrons. The van der Waals surface area contributed by atoms with Gasteiger partial charge in [-0.1, -0.05) is 30.3 Å². The Morgan fingerprint density at radius 3 is 2.80 bits per heavy atom. The summed E-state index contributed by atoms with van der Waals surface area (Å²) in [7, 11) is 0. The van der Waals surface area contributed by atoms with Gasteiger partial charge in [-0.3, -0.25) is 10.4 Å². The van der Waals surface area contributed by atoms with Crippen LogP contribution in [0.4, 0.5) is 16.4 Å². The number of amides is 2. The third-order valence-corrected chi connectivity index (χ3v) is 4.47. The molecule has 4 rings (SSSR count). The van der Waals surface area contributed by atoms with E-state index in [1.54, 1.807) is 12.3 Å². The van der Waals surface area contributed by atoms with Crippen molar-refractivity contribution in [1.29, 1.82) is 0 Å². The van der Waals surface area contributed by atoms with E-state index in [9.17, 15) is 4.79 Å². The van der Waals surface area contributed by atoms with E-state index >= 15 is 0 Å². The Labute approximate surface area is 145 Å². The lowest BCUT2D eigenvalue weighted by atomic mass is 10.1. The number of carbonyl (C=O) groups is 1. The molecule has 0 saturated carbocycles. The molecular formula is C18H20N6O. The largest absolute Gasteiger partial charge is 0.354 e. The smallest absolute Gasteiger partial charge is 0.320 e. The summed E-state index contributed by atoms with van der Waals surface area (Å²) in [5.41, 5.74) is 1.91. The number of nitrogens with one attached hydrogen (secondary N) is 3. The molecule has 1 aliphatic rings. The van der Waals surface area contributed by atoms with Crippen LogP contribution in [-0.2, 0) is 0 Å². The van der Waals surface area contributed by atoms with Crippen molar-refractivity contribution >= 4 is 28.6 Å². The highest BCUT2D eigenvalue weighted by Gasteiger charge is 2.20. The summed E-state index contributed by atoms with van der Waals surface area (Å²) in [5, 5.41) is 14.0. The van der Waals surface area contributed by atoms with Crippen LogP contribution < -0.4 is 15.5 Å². The van der Waals surface area contributed by atoms with Crippen molar-refractivity contribution < 1.29 is 4.79 Å². The maximum Gasteiger partial charge on any atom is 0.320 e. The van der Waals surface area contributed by atoms with Gasteiger partial charge in [0.25, 0.3) is 0 Å². The third kappa shape index (κ3) is 3.13. The van der Waals surface area contributed by atoms with Crippen LogP contribution in [-0.4, -0.2) is 34.3 Å². The van der Waals surface area contributed by atoms with Gasteiger partial charge in [-0.15, -0.1) is 0 Å². The van der Waals surface area contributed by atoms with E-state index in [1.165, 1.54) is 6.42 Å². The molecule has 2 aromatic heterocycles. The number of nitrogens with zero attached hydrogens (tertiary/aromatic N) is 3. The van der Waals surface area contributed by atoms with Gasteiger partial charge in [-0.25, -0.2) is 9.78 Å². The molecule has 0 spiro atoms. The summed E-state index contributed by atoms with van der Waals surface area (Å²) in [6.45, 7) is 4.00. The number of aromatic amines is 1. The van der Waals surface area contributed by atoms with Crippen molar-refractivity contribution in [2.24, 2.45) is 0 Å². The van der Waals surface area contributed by atoms with E-state index < -0.39 is 0 Å². The number of hydrogen-bond acceptors (Lipinski definition) is 4. The molecule has 7 nitrogen and oxygen atoms in total. The maximum atomic E-state index is 12.2. The lowest BCUT2D eigenvalue weighted by Crippen LogP contribution is -2.37. The number of fused-ring (bicyclic) bond motifs is 1. The van der Waals surface area contributed by atoms with Gasteiger partial charge in [0.1, 0.15) is 5.82 Å². The van der Waals surface area contributed by atoms with E-state index in [1.807, 2.05) is 37.3 Å². The topological polar surface area (TPSA) is 85.9 Å². The van der Waals surface area contributed by atoms with Gasteiger partial charge >= 0.3 is 6.03 Å². The average Bonchev–Trinajstić information content (AvgIpc) is 2.97. The summed E-state index contributed by atoms with van der Waals surface area (Å²) >= 11 is 0. The van der Waals surface area contributed by atoms with Crippen molar-refractivity contribution in [3.63, 3.8) is 0 Å². The second-order valence-corrected chi connectivity index (χ2v) is 6.23. The molecule has 3 N–H and O–H groups in total. The maximum absolute atomic E-state index is 12.2. The van der Waals surface area contributed by atoms with Crippen molar-refractivity contribution in [2.45, 2.75) is 19.4 Å². The Balaban J connectivity index is 1.44. The highest BCUT2D eigenvalue weighted by Crippen LogP contribution is 2.27. The van der Waals surface area contributed by atoms with Crippen LogP contribution in [0.15, 0.2) is 42.6 Å². The zero-order chi connectivity index (χ0) is 17.2. The molecule has 0 bridgehead atoms. The number of urea groups is 1. The fourth-order valence-corrected chi connectivity index (χ4v) is 2.91. The molecule has 1 fully saturated rings. The monoisotopic (exact) mass is 336 g/mol. The van der Waals surface area contributed by atoms with Gasteiger partial charge in [0.05, 0.1) is 16.9 Å². The number of H-pyrrole nitrogens is 1. The van der Waals surface area contributed by atoms with Crippen LogP contribution in [0.3, 0.4) is 0 Å². The first-order valence-corrected chi connectivity index (χ1v) is 8.42. The number of carbonyl (C=O) groups excluding carboxylic acids is 1. The first-order chi connectivity index (χ1) is 12.2. The molecule has 3 heterocycles. The predicted molar refractivity (Wildman–Crippen MR) is 97.7 cm³/mol. The second kappa shape index (κ2) is 6.43. The summed E-state index contributed by atoms with van der Waals surface area (Å²) in [6.07, 6.45) is 2.95. The predicted octanol–water partition coefficient (Wildman–Crippen LogP) is 3.05. The molecule has 0 aliphatic carbocycles. The number of benzene rings is 1. The van der Waals surface area contributed by atoms with Crippen molar-refractivity contribution in [3.05, 3.63) is 48.2 Å². The summed E-state index contributed by atoms with van der Waals surface area (Å²) in [5.74, 6) is 1.42. The molecule has 1 aliphatic heterocycles. The molecule has 1 unspecified atom stereocenters. The minimum absolute atomic E-state index is 0.0879. The first kappa shape index (κ1) is 15.4. The first-order valence-electron chi connectivity index (χ1n) is 8.42. The fourth-order valence-electron chi connectivity index (χ4n) is 2.91. The Morgan fingerprint density at radius 2 is 2.08 bits per heavy atom. The van der Waals surface area contributed by atoms with Crippen molar-refractivity contribution in [3.8, 4) is 0 Å². The number of rotatable bonds is 4. The molecule has 2 amide bonds. The van der Waals surface area contributed by atoms with E-state index in [-0.39, 0.29) is 12.1 Å². The normalized spacial score (nSPS) is 14.8. The lowest BCUT2D eigenvalue weighted by molar-refractivity contribution is 0.249. The van der Waals surface area contributed by atoms with E-state index in [4.69, 9.17) is 0 Å². The summed E-state index contributed by atoms with van der Waals surface area (Å²) < 4.78 is 0. The van der Waals surface area contributed by atoms with Gasteiger partial charge < -0.3 is 10.2 Å². The highest BCUT2D eigenvalue weighted by atomic mass is 16.2. The van der Waals surface area contributed by atoms with Gasteiger partial charge in [0.2, 0.25) is 0 Å². The van der Waals surface area contributed by atoms with Crippen LogP contribution in [0, 0.1) is 0 Å². The summed E-state index contributed by atoms with van der Waals surface area (Å²) in [4.78, 5) is 18.8. The fraction of sp³-hybridized carbons (Fsp3) is 0.278. The van der Waals surface area contributed by atoms with Crippen molar-refractivity contribution in [1.82, 2.24) is 20.5 Å². The quantitative estimate of drug-likeness (QED) is 0.683. The minimum Gasteiger partial charge on any atom is -0.354 e. The molecule has 1 aromatic carbocycles. The highest BCUT2D eigenvalue weighted by molar-refractivity contribution is 5.94. The average molecular weight is 336 g/mol. The number of hydrogen-bond donors (Lipinski definition) is 3. The molecule has 1 saturated heterocycles. The Morgan fingerprint density at radius 1 is 1.28 bits per heavy atom. The molecular weight excluding hydrogens is 316 g/mol. The molecule has 1 atom stereocenters. The molecule has 7 heteroatoms. The van der Waals surface area contributed by atoms with Gasteiger partial charge in [-0.2, -0.15) is 5.10 Å². The number of aromatic nitrogens is 3. The van der Waals surface area contributed by atoms with Crippen LogP contribution in [0.5, 0.6) is 0 Å². The van der Waals surface area contributed by atoms with Crippen LogP contribution in [0.2, 0.25) is 0 Å². The number of anilines is 2. The van der Waals surface area contributed by atoms with Gasteiger partial charge in [-0.05, 0) is 18.9 Å². The van der Waals surface area contributed by atoms with Gasteiger partial charge in [0.15, 0.2) is 5.82 Å². The standard InChI is InChI=1S/C18H20N6O/c1-12(13-6-3-2-4-7-13)20-18(25)21-16-10-15-14(11-19-16)17(23-22-15)24-8-5-9-24/h2-4,6-7,10-12H,5,8-9H2,1H3,(H,22,23)(H2,19,20,21,25). The van der Waals surface area contributed by atoms with Crippen LogP contribution in [0.25, 0.3) is 10.9 Å². The second-order valence-electron chi connectivity index (χ2n) is 6.23. The minimum atomic E-state index is -0.286. The van der Waals surface area contributed by atoms with Crippen LogP contribution >= 0.6 is 0 Å². The van der Waals surface area contributed by atoms with E-state index in [2.05, 4.69) is 30.7 Å². The molecule has 128 valence electrons. The molecule has 25 heavy (non-hydrogen) atoms. The Kier molecular flexibility index (Phi) is 3.97. The third-order valence-electron chi connectivity index (χ3n) is 4.47. The zero-order valence-corrected chi connectivity index (χ0v) is 14.0. The summed E-state index contributed by atoms with van der Waals surface area (Å²) in [6, 6.07) is 11.3. The van der Waals surface area contributed by atoms with E-state index in [0.717, 1.165) is 35.4 Å². The van der Waals surface area contributed by atoms with E-state index in [0.29, 0.717) is 5.82 Å². The Bertz CT molecular complexity index is 887. The van der Waals surface area contributed by atoms with Crippen molar-refractivity contribution in [2.75, 3.05) is 23.3 Å². The van der Waals surface area contributed by atoms with Crippen LogP contribution in [0.1, 0.15) is 24.9 Å². The lowest BCUT2D eigenvalue weighted by Gasteiger charge is -2.30. The SMILES string of the molecule is CC(NC(=O)Nc1cc2[nH]nc(N3CCC3)c2cn1)c1ccccc1. The zero-order valence-electron chi connectivity index (χ0n) is 14.0. The molecule has 3 aromatic rings.